The highest BCUT2D eigenvalue weighted by Crippen LogP contribution is 2.60. The quantitative estimate of drug-likeness (QED) is 0.283. The number of para-hydroxylation sites is 1. The van der Waals surface area contributed by atoms with Crippen LogP contribution in [0.3, 0.4) is 0 Å². The number of benzene rings is 4. The van der Waals surface area contributed by atoms with Crippen molar-refractivity contribution < 1.29 is 0 Å². The SMILES string of the molecule is Cc1ccc2c(c1)C1(c3ccccc3N2)c2ccccc2C(C)c2c(C)ccc(C)c21. The van der Waals surface area contributed by atoms with Gasteiger partial charge in [-0.15, -0.1) is 0 Å². The van der Waals surface area contributed by atoms with E-state index in [9.17, 15) is 0 Å². The van der Waals surface area contributed by atoms with Gasteiger partial charge in [0.15, 0.2) is 0 Å². The van der Waals surface area contributed by atoms with Gasteiger partial charge in [-0.2, -0.15) is 0 Å². The smallest absolute Gasteiger partial charge is 0.0750 e. The van der Waals surface area contributed by atoms with Crippen LogP contribution in [-0.2, 0) is 5.41 Å². The number of aryl methyl sites for hydroxylation is 3. The Morgan fingerprint density at radius 1 is 0.677 bits per heavy atom. The summed E-state index contributed by atoms with van der Waals surface area (Å²) in [4.78, 5) is 0. The average molecular weight is 402 g/mol. The molecule has 0 aromatic heterocycles. The Morgan fingerprint density at radius 2 is 1.35 bits per heavy atom. The van der Waals surface area contributed by atoms with E-state index in [1.807, 2.05) is 0 Å². The molecule has 1 spiro atoms. The minimum atomic E-state index is -0.322. The highest BCUT2D eigenvalue weighted by Gasteiger charge is 2.50. The van der Waals surface area contributed by atoms with Crippen molar-refractivity contribution in [3.8, 4) is 0 Å². The molecule has 0 radical (unpaired) electrons. The van der Waals surface area contributed by atoms with Crippen molar-refractivity contribution in [2.45, 2.75) is 39.0 Å². The van der Waals surface area contributed by atoms with E-state index in [1.54, 1.807) is 0 Å². The maximum absolute atomic E-state index is 3.75. The van der Waals surface area contributed by atoms with Gasteiger partial charge in [0.25, 0.3) is 0 Å². The molecular weight excluding hydrogens is 374 g/mol. The van der Waals surface area contributed by atoms with E-state index in [0.717, 1.165) is 0 Å². The fourth-order valence-corrected chi connectivity index (χ4v) is 6.24. The van der Waals surface area contributed by atoms with Crippen LogP contribution >= 0.6 is 0 Å². The summed E-state index contributed by atoms with van der Waals surface area (Å²) >= 11 is 0. The fourth-order valence-electron chi connectivity index (χ4n) is 6.24. The molecule has 0 bridgehead atoms. The molecule has 1 heteroatoms. The summed E-state index contributed by atoms with van der Waals surface area (Å²) in [7, 11) is 0. The third-order valence-electron chi connectivity index (χ3n) is 7.49. The zero-order chi connectivity index (χ0) is 21.3. The second-order valence-corrected chi connectivity index (χ2v) is 9.27. The highest BCUT2D eigenvalue weighted by atomic mass is 14.9. The molecule has 0 saturated heterocycles. The lowest BCUT2D eigenvalue weighted by atomic mass is 9.55. The van der Waals surface area contributed by atoms with Gasteiger partial charge in [0.2, 0.25) is 0 Å². The lowest BCUT2D eigenvalue weighted by Gasteiger charge is -2.49. The van der Waals surface area contributed by atoms with Crippen LogP contribution in [0, 0.1) is 20.8 Å². The molecule has 1 aliphatic carbocycles. The molecule has 1 N–H and O–H groups in total. The van der Waals surface area contributed by atoms with E-state index in [-0.39, 0.29) is 5.41 Å². The Labute approximate surface area is 184 Å². The normalized spacial score (nSPS) is 20.3. The van der Waals surface area contributed by atoms with Gasteiger partial charge in [0.05, 0.1) is 5.41 Å². The van der Waals surface area contributed by atoms with E-state index in [2.05, 4.69) is 112 Å². The number of hydrogen-bond acceptors (Lipinski definition) is 1. The zero-order valence-corrected chi connectivity index (χ0v) is 18.6. The van der Waals surface area contributed by atoms with Crippen molar-refractivity contribution in [2.75, 3.05) is 5.32 Å². The third kappa shape index (κ3) is 2.27. The van der Waals surface area contributed by atoms with Crippen LogP contribution in [0.2, 0.25) is 0 Å². The molecule has 1 heterocycles. The van der Waals surface area contributed by atoms with Gasteiger partial charge in [-0.1, -0.05) is 79.2 Å². The molecule has 4 aromatic rings. The summed E-state index contributed by atoms with van der Waals surface area (Å²) in [5.41, 5.74) is 14.7. The molecule has 0 fully saturated rings. The van der Waals surface area contributed by atoms with Crippen LogP contribution in [0.25, 0.3) is 0 Å². The van der Waals surface area contributed by atoms with Gasteiger partial charge in [-0.3, -0.25) is 0 Å². The number of nitrogens with one attached hydrogen (secondary N) is 1. The fraction of sp³-hybridized carbons (Fsp3) is 0.200. The first kappa shape index (κ1) is 18.4. The van der Waals surface area contributed by atoms with Crippen LogP contribution in [0.15, 0.2) is 78.9 Å². The Kier molecular flexibility index (Phi) is 3.77. The van der Waals surface area contributed by atoms with Crippen molar-refractivity contribution in [1.29, 1.82) is 0 Å². The van der Waals surface area contributed by atoms with Crippen molar-refractivity contribution >= 4 is 11.4 Å². The number of hydrogen-bond donors (Lipinski definition) is 1. The summed E-state index contributed by atoms with van der Waals surface area (Å²) in [6.07, 6.45) is 0. The largest absolute Gasteiger partial charge is 0.355 e. The molecule has 2 aliphatic rings. The standard InChI is InChI=1S/C30H27N/c1-18-13-16-27-25(17-18)30(24-11-7-8-12-26(24)31-27)23-10-6-5-9-22(23)21(4)28-19(2)14-15-20(3)29(28)30/h5-17,21,31H,1-4H3. The van der Waals surface area contributed by atoms with Gasteiger partial charge in [-0.05, 0) is 77.4 Å². The monoisotopic (exact) mass is 401 g/mol. The lowest BCUT2D eigenvalue weighted by molar-refractivity contribution is 0.659. The third-order valence-corrected chi connectivity index (χ3v) is 7.49. The van der Waals surface area contributed by atoms with Gasteiger partial charge >= 0.3 is 0 Å². The van der Waals surface area contributed by atoms with E-state index in [4.69, 9.17) is 0 Å². The van der Waals surface area contributed by atoms with Crippen LogP contribution in [-0.4, -0.2) is 0 Å². The van der Waals surface area contributed by atoms with Crippen LogP contribution in [0.4, 0.5) is 11.4 Å². The Morgan fingerprint density at radius 3 is 2.19 bits per heavy atom. The summed E-state index contributed by atoms with van der Waals surface area (Å²) < 4.78 is 0. The summed E-state index contributed by atoms with van der Waals surface area (Å²) in [5.74, 6) is 0.368. The van der Waals surface area contributed by atoms with Crippen LogP contribution in [0.1, 0.15) is 62.9 Å². The molecule has 6 rings (SSSR count). The van der Waals surface area contributed by atoms with Gasteiger partial charge in [-0.25, -0.2) is 0 Å². The maximum atomic E-state index is 3.75. The van der Waals surface area contributed by atoms with Gasteiger partial charge in [0, 0.05) is 17.3 Å². The highest BCUT2D eigenvalue weighted by molar-refractivity contribution is 5.84. The van der Waals surface area contributed by atoms with Crippen LogP contribution in [0.5, 0.6) is 0 Å². The van der Waals surface area contributed by atoms with Crippen molar-refractivity contribution in [2.24, 2.45) is 0 Å². The predicted molar refractivity (Wildman–Crippen MR) is 130 cm³/mol. The molecule has 4 aromatic carbocycles. The minimum absolute atomic E-state index is 0.322. The van der Waals surface area contributed by atoms with E-state index in [0.29, 0.717) is 5.92 Å². The van der Waals surface area contributed by atoms with Gasteiger partial charge in [0.1, 0.15) is 0 Å². The van der Waals surface area contributed by atoms with Gasteiger partial charge < -0.3 is 5.32 Å². The number of fused-ring (bicyclic) bond motifs is 8. The predicted octanol–water partition coefficient (Wildman–Crippen LogP) is 7.52. The van der Waals surface area contributed by atoms with Crippen molar-refractivity contribution in [3.05, 3.63) is 129 Å². The van der Waals surface area contributed by atoms with E-state index < -0.39 is 0 Å². The Balaban J connectivity index is 1.90. The molecule has 1 nitrogen and oxygen atoms in total. The first-order valence-electron chi connectivity index (χ1n) is 11.2. The number of rotatable bonds is 0. The maximum Gasteiger partial charge on any atom is 0.0750 e. The second-order valence-electron chi connectivity index (χ2n) is 9.27. The molecule has 31 heavy (non-hydrogen) atoms. The second kappa shape index (κ2) is 6.34. The zero-order valence-electron chi connectivity index (χ0n) is 18.6. The lowest BCUT2D eigenvalue weighted by Crippen LogP contribution is -2.41. The molecule has 2 unspecified atom stereocenters. The molecule has 152 valence electrons. The molecule has 0 saturated carbocycles. The average Bonchev–Trinajstić information content (AvgIpc) is 2.79. The van der Waals surface area contributed by atoms with Crippen molar-refractivity contribution in [3.63, 3.8) is 0 Å². The molecular formula is C30H27N. The summed E-state index contributed by atoms with van der Waals surface area (Å²) in [5, 5.41) is 3.75. The van der Waals surface area contributed by atoms with Crippen LogP contribution < -0.4 is 5.32 Å². The molecule has 1 aliphatic heterocycles. The molecule has 0 amide bonds. The first-order valence-corrected chi connectivity index (χ1v) is 11.2. The molecule has 2 atom stereocenters. The summed E-state index contributed by atoms with van der Waals surface area (Å²) in [6, 6.07) is 29.5. The Hall–Kier alpha value is -3.32. The minimum Gasteiger partial charge on any atom is -0.355 e. The van der Waals surface area contributed by atoms with E-state index in [1.165, 1.54) is 61.4 Å². The topological polar surface area (TPSA) is 12.0 Å². The van der Waals surface area contributed by atoms with E-state index >= 15 is 0 Å². The van der Waals surface area contributed by atoms with Crippen molar-refractivity contribution in [1.82, 2.24) is 0 Å². The first-order chi connectivity index (χ1) is 15.0. The summed E-state index contributed by atoms with van der Waals surface area (Å²) in [6.45, 7) is 9.15. The number of anilines is 2. The Bertz CT molecular complexity index is 1360.